The summed E-state index contributed by atoms with van der Waals surface area (Å²) >= 11 is 0. The Bertz CT molecular complexity index is 422. The molecule has 0 aliphatic heterocycles. The summed E-state index contributed by atoms with van der Waals surface area (Å²) < 4.78 is 0. The van der Waals surface area contributed by atoms with E-state index in [4.69, 9.17) is 0 Å². The largest absolute Gasteiger partial charge is 0.295 e. The van der Waals surface area contributed by atoms with Crippen LogP contribution in [0.5, 0.6) is 0 Å². The average molecular weight is 212 g/mol. The minimum Gasteiger partial charge on any atom is -0.295 e. The van der Waals surface area contributed by atoms with Crippen LogP contribution in [0.2, 0.25) is 0 Å². The Morgan fingerprint density at radius 1 is 1.00 bits per heavy atom. The number of Topliss-reactive ketones (excluding diaryl/α,β-unsaturated/α-hetero) is 1. The number of allylic oxidation sites excluding steroid dienone is 5. The molecular weight excluding hydrogens is 196 g/mol. The van der Waals surface area contributed by atoms with Gasteiger partial charge in [0, 0.05) is 0 Å². The highest BCUT2D eigenvalue weighted by Crippen LogP contribution is 2.01. The van der Waals surface area contributed by atoms with E-state index in [0.717, 1.165) is 5.57 Å². The summed E-state index contributed by atoms with van der Waals surface area (Å²) in [6.07, 6.45) is 9.58. The van der Waals surface area contributed by atoms with Crippen molar-refractivity contribution in [3.63, 3.8) is 0 Å². The molecule has 1 aromatic rings. The molecule has 0 saturated carbocycles. The minimum absolute atomic E-state index is 0.108. The molecule has 1 heteroatoms. The lowest BCUT2D eigenvalue weighted by Gasteiger charge is -1.89. The van der Waals surface area contributed by atoms with Crippen molar-refractivity contribution in [3.8, 4) is 0 Å². The molecule has 0 heterocycles. The fourth-order valence-electron chi connectivity index (χ4n) is 1.11. The van der Waals surface area contributed by atoms with E-state index in [0.29, 0.717) is 0 Å². The lowest BCUT2D eigenvalue weighted by Crippen LogP contribution is -1.89. The second-order valence-electron chi connectivity index (χ2n) is 3.56. The van der Waals surface area contributed by atoms with E-state index in [9.17, 15) is 4.79 Å². The van der Waals surface area contributed by atoms with E-state index in [1.54, 1.807) is 6.92 Å². The summed E-state index contributed by atoms with van der Waals surface area (Å²) in [7, 11) is 0. The zero-order chi connectivity index (χ0) is 11.8. The SMILES string of the molecule is CC(=O)/C(C)=C/C=C\C=C\c1ccccc1. The van der Waals surface area contributed by atoms with Crippen molar-refractivity contribution in [2.45, 2.75) is 13.8 Å². The number of carbonyl (C=O) groups excluding carboxylic acids is 1. The molecule has 0 aliphatic rings. The number of ketones is 1. The maximum atomic E-state index is 10.9. The Hall–Kier alpha value is -1.89. The molecule has 0 aromatic heterocycles. The molecular formula is C15H16O. The first kappa shape index (κ1) is 12.2. The van der Waals surface area contributed by atoms with Crippen molar-refractivity contribution < 1.29 is 4.79 Å². The normalized spacial score (nSPS) is 12.5. The number of carbonyl (C=O) groups is 1. The van der Waals surface area contributed by atoms with Crippen molar-refractivity contribution in [1.29, 1.82) is 0 Å². The van der Waals surface area contributed by atoms with Gasteiger partial charge in [-0.3, -0.25) is 4.79 Å². The lowest BCUT2D eigenvalue weighted by atomic mass is 10.2. The molecule has 16 heavy (non-hydrogen) atoms. The van der Waals surface area contributed by atoms with Crippen LogP contribution in [0.25, 0.3) is 6.08 Å². The van der Waals surface area contributed by atoms with Gasteiger partial charge in [-0.25, -0.2) is 0 Å². The van der Waals surface area contributed by atoms with E-state index in [2.05, 4.69) is 0 Å². The number of rotatable bonds is 4. The zero-order valence-corrected chi connectivity index (χ0v) is 9.68. The predicted octanol–water partition coefficient (Wildman–Crippen LogP) is 3.79. The van der Waals surface area contributed by atoms with Crippen LogP contribution < -0.4 is 0 Å². The van der Waals surface area contributed by atoms with E-state index < -0.39 is 0 Å². The Balaban J connectivity index is 2.52. The van der Waals surface area contributed by atoms with Crippen molar-refractivity contribution in [2.75, 3.05) is 0 Å². The Morgan fingerprint density at radius 2 is 1.69 bits per heavy atom. The third-order valence-corrected chi connectivity index (χ3v) is 2.21. The monoisotopic (exact) mass is 212 g/mol. The molecule has 0 radical (unpaired) electrons. The highest BCUT2D eigenvalue weighted by atomic mass is 16.1. The van der Waals surface area contributed by atoms with Crippen LogP contribution in [0.3, 0.4) is 0 Å². The molecule has 0 bridgehead atoms. The van der Waals surface area contributed by atoms with E-state index in [1.807, 2.05) is 67.6 Å². The van der Waals surface area contributed by atoms with Gasteiger partial charge in [0.1, 0.15) is 0 Å². The van der Waals surface area contributed by atoms with Crippen LogP contribution in [0.15, 0.2) is 60.2 Å². The molecule has 0 amide bonds. The van der Waals surface area contributed by atoms with Gasteiger partial charge in [-0.15, -0.1) is 0 Å². The molecule has 0 fully saturated rings. The third-order valence-electron chi connectivity index (χ3n) is 2.21. The quantitative estimate of drug-likeness (QED) is 0.548. The van der Waals surface area contributed by atoms with Gasteiger partial charge in [0.15, 0.2) is 5.78 Å². The highest BCUT2D eigenvalue weighted by Gasteiger charge is 1.90. The molecule has 0 aliphatic carbocycles. The number of hydrogen-bond acceptors (Lipinski definition) is 1. The molecule has 82 valence electrons. The number of hydrogen-bond donors (Lipinski definition) is 0. The Labute approximate surface area is 96.8 Å². The van der Waals surface area contributed by atoms with Crippen molar-refractivity contribution in [1.82, 2.24) is 0 Å². The van der Waals surface area contributed by atoms with Gasteiger partial charge in [0.25, 0.3) is 0 Å². The fourth-order valence-corrected chi connectivity index (χ4v) is 1.11. The smallest absolute Gasteiger partial charge is 0.155 e. The summed E-state index contributed by atoms with van der Waals surface area (Å²) in [5, 5.41) is 0. The van der Waals surface area contributed by atoms with E-state index >= 15 is 0 Å². The third kappa shape index (κ3) is 4.56. The molecule has 1 aromatic carbocycles. The van der Waals surface area contributed by atoms with Gasteiger partial charge >= 0.3 is 0 Å². The van der Waals surface area contributed by atoms with Crippen molar-refractivity contribution >= 4 is 11.9 Å². The van der Waals surface area contributed by atoms with E-state index in [-0.39, 0.29) is 5.78 Å². The second kappa shape index (κ2) is 6.57. The molecule has 0 unspecified atom stereocenters. The van der Waals surface area contributed by atoms with Gasteiger partial charge in [-0.2, -0.15) is 0 Å². The summed E-state index contributed by atoms with van der Waals surface area (Å²) in [4.78, 5) is 10.9. The van der Waals surface area contributed by atoms with Gasteiger partial charge in [0.2, 0.25) is 0 Å². The van der Waals surface area contributed by atoms with Gasteiger partial charge in [-0.05, 0) is 25.0 Å². The molecule has 0 N–H and O–H groups in total. The average Bonchev–Trinajstić information content (AvgIpc) is 2.29. The van der Waals surface area contributed by atoms with Crippen LogP contribution in [0.4, 0.5) is 0 Å². The Kier molecular flexibility index (Phi) is 5.00. The molecule has 1 nitrogen and oxygen atoms in total. The zero-order valence-electron chi connectivity index (χ0n) is 9.68. The minimum atomic E-state index is 0.108. The molecule has 0 saturated heterocycles. The van der Waals surface area contributed by atoms with Crippen LogP contribution in [0, 0.1) is 0 Å². The van der Waals surface area contributed by atoms with Gasteiger partial charge < -0.3 is 0 Å². The number of benzene rings is 1. The maximum Gasteiger partial charge on any atom is 0.155 e. The van der Waals surface area contributed by atoms with Crippen molar-refractivity contribution in [2.24, 2.45) is 0 Å². The van der Waals surface area contributed by atoms with Crippen LogP contribution in [-0.4, -0.2) is 5.78 Å². The summed E-state index contributed by atoms with van der Waals surface area (Å²) in [6.45, 7) is 3.38. The first-order valence-electron chi connectivity index (χ1n) is 5.28. The molecule has 0 atom stereocenters. The Morgan fingerprint density at radius 3 is 2.31 bits per heavy atom. The highest BCUT2D eigenvalue weighted by molar-refractivity contribution is 5.92. The standard InChI is InChI=1S/C15H16O/c1-13(14(2)16)9-5-3-6-10-15-11-7-4-8-12-15/h3-12H,1-2H3/b5-3-,10-6+,13-9+. The molecule has 0 spiro atoms. The topological polar surface area (TPSA) is 17.1 Å². The van der Waals surface area contributed by atoms with Crippen molar-refractivity contribution in [3.05, 3.63) is 65.8 Å². The first-order chi connectivity index (χ1) is 7.70. The van der Waals surface area contributed by atoms with Crippen LogP contribution in [-0.2, 0) is 4.79 Å². The van der Waals surface area contributed by atoms with Gasteiger partial charge in [-0.1, -0.05) is 60.7 Å². The second-order valence-corrected chi connectivity index (χ2v) is 3.56. The van der Waals surface area contributed by atoms with Gasteiger partial charge in [0.05, 0.1) is 0 Å². The maximum absolute atomic E-state index is 10.9. The molecule has 1 rings (SSSR count). The summed E-state index contributed by atoms with van der Waals surface area (Å²) in [6, 6.07) is 10.1. The predicted molar refractivity (Wildman–Crippen MR) is 69.1 cm³/mol. The van der Waals surface area contributed by atoms with Crippen LogP contribution in [0.1, 0.15) is 19.4 Å². The lowest BCUT2D eigenvalue weighted by molar-refractivity contribution is -0.113. The van der Waals surface area contributed by atoms with E-state index in [1.165, 1.54) is 5.56 Å². The summed E-state index contributed by atoms with van der Waals surface area (Å²) in [5.74, 6) is 0.108. The van der Waals surface area contributed by atoms with Crippen LogP contribution >= 0.6 is 0 Å². The summed E-state index contributed by atoms with van der Waals surface area (Å²) in [5.41, 5.74) is 1.93. The fraction of sp³-hybridized carbons (Fsp3) is 0.133. The first-order valence-corrected chi connectivity index (χ1v) is 5.28.